The number of benzene rings is 2. The van der Waals surface area contributed by atoms with Crippen LogP contribution < -0.4 is 4.74 Å². The molecule has 176 valence electrons. The highest BCUT2D eigenvalue weighted by molar-refractivity contribution is 7.07. The van der Waals surface area contributed by atoms with Crippen LogP contribution in [0, 0.1) is 5.82 Å². The van der Waals surface area contributed by atoms with Crippen LogP contribution in [-0.4, -0.2) is 40.7 Å². The summed E-state index contributed by atoms with van der Waals surface area (Å²) in [5.41, 5.74) is 4.64. The van der Waals surface area contributed by atoms with Gasteiger partial charge in [0.25, 0.3) is 0 Å². The summed E-state index contributed by atoms with van der Waals surface area (Å²) >= 11 is 1.68. The molecule has 5 nitrogen and oxygen atoms in total. The third kappa shape index (κ3) is 4.58. The first kappa shape index (κ1) is 22.6. The minimum atomic E-state index is -0.979. The molecule has 0 atom stereocenters. The van der Waals surface area contributed by atoms with Gasteiger partial charge in [0.2, 0.25) is 0 Å². The number of hydrogen-bond acceptors (Lipinski definition) is 4. The van der Waals surface area contributed by atoms with Crippen molar-refractivity contribution in [2.24, 2.45) is 0 Å². The van der Waals surface area contributed by atoms with E-state index in [1.807, 2.05) is 12.1 Å². The maximum absolute atomic E-state index is 14.1. The van der Waals surface area contributed by atoms with E-state index >= 15 is 0 Å². The molecule has 3 heterocycles. The molecule has 7 heteroatoms. The number of hydrogen-bond donors (Lipinski definition) is 1. The molecule has 0 amide bonds. The molecule has 0 radical (unpaired) electrons. The number of piperidine rings is 1. The van der Waals surface area contributed by atoms with E-state index in [1.165, 1.54) is 18.2 Å². The van der Waals surface area contributed by atoms with Gasteiger partial charge in [0, 0.05) is 24.7 Å². The molecule has 5 rings (SSSR count). The molecule has 34 heavy (non-hydrogen) atoms. The van der Waals surface area contributed by atoms with E-state index in [-0.39, 0.29) is 11.4 Å². The molecule has 1 aliphatic rings. The summed E-state index contributed by atoms with van der Waals surface area (Å²) in [6.07, 6.45) is 4.23. The average molecular weight is 479 g/mol. The lowest BCUT2D eigenvalue weighted by molar-refractivity contribution is 0.0693. The summed E-state index contributed by atoms with van der Waals surface area (Å²) in [6, 6.07) is 12.6. The highest BCUT2D eigenvalue weighted by Crippen LogP contribution is 2.35. The SMILES string of the molecule is COc1ccc(CN2CCC(c3cn(Cc4ccsc4)c4cc(F)ccc34)CC2)cc1C(=O)O. The second-order valence-corrected chi connectivity index (χ2v) is 9.68. The Morgan fingerprint density at radius 1 is 1.12 bits per heavy atom. The van der Waals surface area contributed by atoms with Crippen LogP contribution in [0.4, 0.5) is 4.39 Å². The van der Waals surface area contributed by atoms with Gasteiger partial charge >= 0.3 is 5.97 Å². The lowest BCUT2D eigenvalue weighted by atomic mass is 9.89. The Balaban J connectivity index is 1.32. The Labute approximate surface area is 202 Å². The molecule has 0 spiro atoms. The van der Waals surface area contributed by atoms with Crippen LogP contribution in [0.3, 0.4) is 0 Å². The van der Waals surface area contributed by atoms with Crippen LogP contribution in [-0.2, 0) is 13.1 Å². The Morgan fingerprint density at radius 2 is 1.94 bits per heavy atom. The highest BCUT2D eigenvalue weighted by Gasteiger charge is 2.24. The molecule has 2 aromatic carbocycles. The fourth-order valence-electron chi connectivity index (χ4n) is 5.01. The van der Waals surface area contributed by atoms with Gasteiger partial charge in [-0.3, -0.25) is 4.90 Å². The number of likely N-dealkylation sites (tertiary alicyclic amines) is 1. The maximum atomic E-state index is 14.1. The number of methoxy groups -OCH3 is 1. The Morgan fingerprint density at radius 3 is 2.65 bits per heavy atom. The Kier molecular flexibility index (Phi) is 6.39. The van der Waals surface area contributed by atoms with E-state index in [2.05, 4.69) is 32.5 Å². The third-order valence-electron chi connectivity index (χ3n) is 6.74. The van der Waals surface area contributed by atoms with Gasteiger partial charge in [-0.05, 0) is 95.7 Å². The van der Waals surface area contributed by atoms with Gasteiger partial charge in [-0.2, -0.15) is 11.3 Å². The van der Waals surface area contributed by atoms with E-state index in [4.69, 9.17) is 4.74 Å². The molecule has 4 aromatic rings. The largest absolute Gasteiger partial charge is 0.496 e. The van der Waals surface area contributed by atoms with E-state index < -0.39 is 5.97 Å². The first-order chi connectivity index (χ1) is 16.5. The minimum Gasteiger partial charge on any atom is -0.496 e. The Bertz CT molecular complexity index is 1310. The van der Waals surface area contributed by atoms with Crippen LogP contribution in [0.15, 0.2) is 59.4 Å². The molecular weight excluding hydrogens is 451 g/mol. The second-order valence-electron chi connectivity index (χ2n) is 8.90. The maximum Gasteiger partial charge on any atom is 0.339 e. The number of ether oxygens (including phenoxy) is 1. The van der Waals surface area contributed by atoms with E-state index in [0.29, 0.717) is 18.2 Å². The summed E-state index contributed by atoms with van der Waals surface area (Å²) in [5, 5.41) is 14.8. The number of aromatic nitrogens is 1. The normalized spacial score (nSPS) is 15.1. The lowest BCUT2D eigenvalue weighted by Crippen LogP contribution is -2.32. The van der Waals surface area contributed by atoms with Crippen LogP contribution >= 0.6 is 11.3 Å². The van der Waals surface area contributed by atoms with Crippen molar-refractivity contribution in [1.29, 1.82) is 0 Å². The smallest absolute Gasteiger partial charge is 0.339 e. The zero-order valence-corrected chi connectivity index (χ0v) is 19.9. The topological polar surface area (TPSA) is 54.7 Å². The lowest BCUT2D eigenvalue weighted by Gasteiger charge is -2.32. The third-order valence-corrected chi connectivity index (χ3v) is 7.47. The zero-order chi connectivity index (χ0) is 23.7. The minimum absolute atomic E-state index is 0.195. The van der Waals surface area contributed by atoms with Crippen molar-refractivity contribution in [1.82, 2.24) is 9.47 Å². The number of thiophene rings is 1. The number of aromatic carboxylic acids is 1. The van der Waals surface area contributed by atoms with Crippen molar-refractivity contribution in [3.8, 4) is 5.75 Å². The van der Waals surface area contributed by atoms with Gasteiger partial charge in [0.1, 0.15) is 17.1 Å². The number of carboxylic acid groups (broad SMARTS) is 1. The van der Waals surface area contributed by atoms with Gasteiger partial charge in [-0.15, -0.1) is 0 Å². The standard InChI is InChI=1S/C27H27FN2O3S/c1-33-26-5-2-18(12-23(26)27(31)32)14-29-9-6-20(7-10-29)24-16-30(15-19-8-11-34-17-19)25-13-21(28)3-4-22(24)25/h2-5,8,11-13,16-17,20H,6-7,9-10,14-15H2,1H3,(H,31,32). The molecule has 0 saturated carbocycles. The first-order valence-electron chi connectivity index (χ1n) is 11.4. The second kappa shape index (κ2) is 9.60. The number of nitrogens with zero attached hydrogens (tertiary/aromatic N) is 2. The quantitative estimate of drug-likeness (QED) is 0.355. The molecule has 2 aromatic heterocycles. The van der Waals surface area contributed by atoms with Crippen LogP contribution in [0.2, 0.25) is 0 Å². The van der Waals surface area contributed by atoms with E-state index in [1.54, 1.807) is 35.6 Å². The van der Waals surface area contributed by atoms with Crippen LogP contribution in [0.1, 0.15) is 45.8 Å². The van der Waals surface area contributed by atoms with Crippen LogP contribution in [0.5, 0.6) is 5.75 Å². The number of carboxylic acids is 1. The molecular formula is C27H27FN2O3S. The fourth-order valence-corrected chi connectivity index (χ4v) is 5.67. The number of halogens is 1. The number of rotatable bonds is 7. The molecule has 0 unspecified atom stereocenters. The molecule has 0 bridgehead atoms. The summed E-state index contributed by atoms with van der Waals surface area (Å²) in [4.78, 5) is 13.9. The number of carbonyl (C=O) groups is 1. The predicted molar refractivity (Wildman–Crippen MR) is 133 cm³/mol. The zero-order valence-electron chi connectivity index (χ0n) is 19.0. The molecule has 1 aliphatic heterocycles. The first-order valence-corrected chi connectivity index (χ1v) is 12.4. The fraction of sp³-hybridized carbons (Fsp3) is 0.296. The molecule has 1 N–H and O–H groups in total. The summed E-state index contributed by atoms with van der Waals surface area (Å²) in [5.74, 6) is -0.393. The Hall–Kier alpha value is -3.16. The molecule has 0 aliphatic carbocycles. The van der Waals surface area contributed by atoms with Gasteiger partial charge in [-0.1, -0.05) is 6.07 Å². The van der Waals surface area contributed by atoms with Gasteiger partial charge in [0.15, 0.2) is 0 Å². The molecule has 1 saturated heterocycles. The average Bonchev–Trinajstić information content (AvgIpc) is 3.48. The molecule has 1 fully saturated rings. The highest BCUT2D eigenvalue weighted by atomic mass is 32.1. The van der Waals surface area contributed by atoms with Crippen molar-refractivity contribution in [2.45, 2.75) is 31.8 Å². The monoisotopic (exact) mass is 478 g/mol. The van der Waals surface area contributed by atoms with E-state index in [9.17, 15) is 14.3 Å². The summed E-state index contributed by atoms with van der Waals surface area (Å²) in [7, 11) is 1.48. The van der Waals surface area contributed by atoms with Crippen molar-refractivity contribution in [2.75, 3.05) is 20.2 Å². The van der Waals surface area contributed by atoms with Gasteiger partial charge in [0.05, 0.1) is 12.6 Å². The van der Waals surface area contributed by atoms with E-state index in [0.717, 1.165) is 48.9 Å². The van der Waals surface area contributed by atoms with Crippen molar-refractivity contribution >= 4 is 28.2 Å². The number of fused-ring (bicyclic) bond motifs is 1. The predicted octanol–water partition coefficient (Wildman–Crippen LogP) is 5.98. The van der Waals surface area contributed by atoms with Gasteiger partial charge in [-0.25, -0.2) is 9.18 Å². The van der Waals surface area contributed by atoms with Crippen LogP contribution in [0.25, 0.3) is 10.9 Å². The van der Waals surface area contributed by atoms with Crippen molar-refractivity contribution in [3.05, 3.63) is 87.5 Å². The van der Waals surface area contributed by atoms with Crippen molar-refractivity contribution in [3.63, 3.8) is 0 Å². The van der Waals surface area contributed by atoms with Crippen molar-refractivity contribution < 1.29 is 19.0 Å². The van der Waals surface area contributed by atoms with Gasteiger partial charge < -0.3 is 14.4 Å². The summed E-state index contributed by atoms with van der Waals surface area (Å²) < 4.78 is 21.4. The summed E-state index contributed by atoms with van der Waals surface area (Å²) in [6.45, 7) is 3.31.